The zero-order chi connectivity index (χ0) is 11.9. The van der Waals surface area contributed by atoms with Crippen LogP contribution in [0, 0.1) is 6.92 Å². The summed E-state index contributed by atoms with van der Waals surface area (Å²) < 4.78 is 4.94. The van der Waals surface area contributed by atoms with E-state index in [-0.39, 0.29) is 11.0 Å². The quantitative estimate of drug-likeness (QED) is 0.760. The summed E-state index contributed by atoms with van der Waals surface area (Å²) in [6.07, 6.45) is 0. The highest BCUT2D eigenvalue weighted by Gasteiger charge is 2.18. The van der Waals surface area contributed by atoms with Gasteiger partial charge in [-0.2, -0.15) is 0 Å². The van der Waals surface area contributed by atoms with Crippen LogP contribution in [-0.4, -0.2) is 16.2 Å². The van der Waals surface area contributed by atoms with Gasteiger partial charge in [-0.3, -0.25) is 4.79 Å². The average Bonchev–Trinajstić information content (AvgIpc) is 2.23. The predicted molar refractivity (Wildman–Crippen MR) is 55.8 cm³/mol. The second-order valence-corrected chi connectivity index (χ2v) is 3.41. The Kier molecular flexibility index (Phi) is 2.16. The smallest absolute Gasteiger partial charge is 0.375 e. The van der Waals surface area contributed by atoms with Crippen molar-refractivity contribution < 1.29 is 19.4 Å². The second-order valence-electron chi connectivity index (χ2n) is 3.41. The largest absolute Gasteiger partial charge is 0.501 e. The Morgan fingerprint density at radius 3 is 2.69 bits per heavy atom. The van der Waals surface area contributed by atoms with E-state index >= 15 is 0 Å². The number of benzene rings is 1. The fraction of sp³-hybridized carbons (Fsp3) is 0.0909. The molecule has 1 heterocycles. The number of rotatable bonds is 1. The van der Waals surface area contributed by atoms with Crippen LogP contribution in [0.3, 0.4) is 0 Å². The second kappa shape index (κ2) is 3.37. The molecular weight excluding hydrogens is 212 g/mol. The minimum atomic E-state index is -1.47. The molecule has 0 radical (unpaired) electrons. The van der Waals surface area contributed by atoms with Gasteiger partial charge in [0.2, 0.25) is 11.2 Å². The maximum absolute atomic E-state index is 11.6. The molecule has 16 heavy (non-hydrogen) atoms. The van der Waals surface area contributed by atoms with Gasteiger partial charge in [-0.1, -0.05) is 11.6 Å². The van der Waals surface area contributed by atoms with Gasteiger partial charge in [0.25, 0.3) is 5.76 Å². The van der Waals surface area contributed by atoms with Crippen LogP contribution in [-0.2, 0) is 0 Å². The topological polar surface area (TPSA) is 87.7 Å². The number of aromatic hydroxyl groups is 1. The van der Waals surface area contributed by atoms with Crippen molar-refractivity contribution in [3.05, 3.63) is 39.7 Å². The predicted octanol–water partition coefficient (Wildman–Crippen LogP) is 1.51. The standard InChI is InChI=1S/C11H8O5/c1-5-2-3-7-6(4-5)8(12)9(13)10(16-7)11(14)15/h2-4,13H,1H3,(H,14,15). The molecule has 2 rings (SSSR count). The Balaban J connectivity index is 2.94. The van der Waals surface area contributed by atoms with Crippen molar-refractivity contribution in [1.82, 2.24) is 0 Å². The zero-order valence-corrected chi connectivity index (χ0v) is 8.35. The third kappa shape index (κ3) is 1.42. The fourth-order valence-electron chi connectivity index (χ4n) is 1.44. The van der Waals surface area contributed by atoms with Gasteiger partial charge in [0.1, 0.15) is 5.58 Å². The van der Waals surface area contributed by atoms with E-state index in [0.717, 1.165) is 5.56 Å². The summed E-state index contributed by atoms with van der Waals surface area (Å²) >= 11 is 0. The highest BCUT2D eigenvalue weighted by Crippen LogP contribution is 2.20. The van der Waals surface area contributed by atoms with Crippen molar-refractivity contribution in [3.8, 4) is 5.75 Å². The monoisotopic (exact) mass is 220 g/mol. The highest BCUT2D eigenvalue weighted by molar-refractivity contribution is 5.91. The lowest BCUT2D eigenvalue weighted by Crippen LogP contribution is -2.08. The molecule has 0 unspecified atom stereocenters. The van der Waals surface area contributed by atoms with Gasteiger partial charge in [-0.15, -0.1) is 0 Å². The molecule has 0 aliphatic heterocycles. The van der Waals surface area contributed by atoms with Crippen LogP contribution < -0.4 is 5.43 Å². The molecule has 0 saturated heterocycles. The summed E-state index contributed by atoms with van der Waals surface area (Å²) in [5.74, 6) is -3.08. The van der Waals surface area contributed by atoms with Crippen LogP contribution in [0.15, 0.2) is 27.4 Å². The van der Waals surface area contributed by atoms with Crippen molar-refractivity contribution in [2.75, 3.05) is 0 Å². The Morgan fingerprint density at radius 2 is 2.06 bits per heavy atom. The van der Waals surface area contributed by atoms with Gasteiger partial charge in [0.15, 0.2) is 0 Å². The normalized spacial score (nSPS) is 10.6. The molecular formula is C11H8O5. The van der Waals surface area contributed by atoms with Crippen molar-refractivity contribution in [2.45, 2.75) is 6.92 Å². The maximum Gasteiger partial charge on any atom is 0.375 e. The number of fused-ring (bicyclic) bond motifs is 1. The van der Waals surface area contributed by atoms with Crippen LogP contribution in [0.1, 0.15) is 16.1 Å². The molecule has 0 bridgehead atoms. The number of aryl methyl sites for hydroxylation is 1. The van der Waals surface area contributed by atoms with Crippen LogP contribution in [0.25, 0.3) is 11.0 Å². The van der Waals surface area contributed by atoms with E-state index in [1.165, 1.54) is 12.1 Å². The summed E-state index contributed by atoms with van der Waals surface area (Å²) in [6, 6.07) is 4.72. The lowest BCUT2D eigenvalue weighted by molar-refractivity contribution is 0.0657. The lowest BCUT2D eigenvalue weighted by atomic mass is 10.1. The molecule has 2 N–H and O–H groups in total. The molecule has 5 heteroatoms. The Morgan fingerprint density at radius 1 is 1.38 bits per heavy atom. The first kappa shape index (κ1) is 10.2. The van der Waals surface area contributed by atoms with Crippen molar-refractivity contribution in [2.24, 2.45) is 0 Å². The van der Waals surface area contributed by atoms with Crippen molar-refractivity contribution in [3.63, 3.8) is 0 Å². The van der Waals surface area contributed by atoms with Gasteiger partial charge in [-0.25, -0.2) is 4.79 Å². The van der Waals surface area contributed by atoms with Crippen LogP contribution in [0.4, 0.5) is 0 Å². The molecule has 0 aliphatic carbocycles. The summed E-state index contributed by atoms with van der Waals surface area (Å²) in [4.78, 5) is 22.3. The summed E-state index contributed by atoms with van der Waals surface area (Å²) in [6.45, 7) is 1.78. The Bertz CT molecular complexity index is 639. The van der Waals surface area contributed by atoms with E-state index in [1.54, 1.807) is 13.0 Å². The van der Waals surface area contributed by atoms with Gasteiger partial charge < -0.3 is 14.6 Å². The SMILES string of the molecule is Cc1ccc2oc(C(=O)O)c(O)c(=O)c2c1. The molecule has 0 atom stereocenters. The average molecular weight is 220 g/mol. The van der Waals surface area contributed by atoms with Crippen LogP contribution in [0.5, 0.6) is 5.75 Å². The highest BCUT2D eigenvalue weighted by atomic mass is 16.4. The first-order valence-corrected chi connectivity index (χ1v) is 4.50. The third-order valence-electron chi connectivity index (χ3n) is 2.22. The van der Waals surface area contributed by atoms with Crippen molar-refractivity contribution >= 4 is 16.9 Å². The van der Waals surface area contributed by atoms with E-state index in [1.807, 2.05) is 0 Å². The van der Waals surface area contributed by atoms with E-state index in [4.69, 9.17) is 9.52 Å². The molecule has 0 spiro atoms. The van der Waals surface area contributed by atoms with E-state index in [9.17, 15) is 14.7 Å². The lowest BCUT2D eigenvalue weighted by Gasteiger charge is -2.02. The Labute approximate surface area is 89.6 Å². The minimum Gasteiger partial charge on any atom is -0.501 e. The fourth-order valence-corrected chi connectivity index (χ4v) is 1.44. The number of aromatic carboxylic acids is 1. The van der Waals surface area contributed by atoms with Crippen LogP contribution >= 0.6 is 0 Å². The third-order valence-corrected chi connectivity index (χ3v) is 2.22. The van der Waals surface area contributed by atoms with Crippen molar-refractivity contribution in [1.29, 1.82) is 0 Å². The molecule has 0 fully saturated rings. The molecule has 1 aromatic carbocycles. The number of carbonyl (C=O) groups is 1. The number of carboxylic acid groups (broad SMARTS) is 1. The molecule has 0 saturated carbocycles. The van der Waals surface area contributed by atoms with Crippen LogP contribution in [0.2, 0.25) is 0 Å². The first-order valence-electron chi connectivity index (χ1n) is 4.50. The minimum absolute atomic E-state index is 0.144. The number of carboxylic acids is 1. The molecule has 0 aliphatic rings. The summed E-state index contributed by atoms with van der Waals surface area (Å²) in [5, 5.41) is 18.3. The first-order chi connectivity index (χ1) is 7.50. The zero-order valence-electron chi connectivity index (χ0n) is 8.35. The van der Waals surface area contributed by atoms with Gasteiger partial charge in [-0.05, 0) is 19.1 Å². The van der Waals surface area contributed by atoms with Gasteiger partial charge in [0.05, 0.1) is 5.39 Å². The maximum atomic E-state index is 11.6. The number of hydrogen-bond donors (Lipinski definition) is 2. The molecule has 0 amide bonds. The van der Waals surface area contributed by atoms with E-state index in [2.05, 4.69) is 0 Å². The van der Waals surface area contributed by atoms with E-state index < -0.39 is 22.9 Å². The molecule has 5 nitrogen and oxygen atoms in total. The molecule has 82 valence electrons. The summed E-state index contributed by atoms with van der Waals surface area (Å²) in [7, 11) is 0. The molecule has 1 aromatic heterocycles. The van der Waals surface area contributed by atoms with Gasteiger partial charge in [0, 0.05) is 0 Å². The molecule has 2 aromatic rings. The Hall–Kier alpha value is -2.30. The van der Waals surface area contributed by atoms with Gasteiger partial charge >= 0.3 is 5.97 Å². The number of hydrogen-bond acceptors (Lipinski definition) is 4. The van der Waals surface area contributed by atoms with E-state index in [0.29, 0.717) is 0 Å². The summed E-state index contributed by atoms with van der Waals surface area (Å²) in [5.41, 5.74) is 0.232.